The molecule has 1 heterocycles. The predicted octanol–water partition coefficient (Wildman–Crippen LogP) is 3.50. The lowest BCUT2D eigenvalue weighted by Gasteiger charge is -2.16. The van der Waals surface area contributed by atoms with Gasteiger partial charge in [0.25, 0.3) is 5.91 Å². The van der Waals surface area contributed by atoms with Crippen molar-refractivity contribution in [2.24, 2.45) is 0 Å². The Kier molecular flexibility index (Phi) is 4.84. The lowest BCUT2D eigenvalue weighted by molar-refractivity contribution is 0.0741. The normalized spacial score (nSPS) is 10.3. The first kappa shape index (κ1) is 14.7. The summed E-state index contributed by atoms with van der Waals surface area (Å²) in [6, 6.07) is 11.2. The van der Waals surface area contributed by atoms with E-state index in [0.29, 0.717) is 23.6 Å². The van der Waals surface area contributed by atoms with E-state index in [2.05, 4.69) is 15.9 Å². The van der Waals surface area contributed by atoms with Crippen LogP contribution in [0.15, 0.2) is 45.5 Å². The van der Waals surface area contributed by atoms with Crippen LogP contribution in [-0.2, 0) is 0 Å². The van der Waals surface area contributed by atoms with Gasteiger partial charge in [0.15, 0.2) is 10.4 Å². The van der Waals surface area contributed by atoms with Gasteiger partial charge in [0.05, 0.1) is 6.54 Å². The minimum absolute atomic E-state index is 0.164. The third kappa shape index (κ3) is 3.87. The molecule has 1 aromatic carbocycles. The molecule has 1 aromatic heterocycles. The van der Waals surface area contributed by atoms with E-state index in [4.69, 9.17) is 9.15 Å². The molecule has 2 rings (SSSR count). The van der Waals surface area contributed by atoms with Gasteiger partial charge >= 0.3 is 0 Å². The zero-order valence-electron chi connectivity index (χ0n) is 11.4. The number of amides is 1. The number of furan rings is 1. The fraction of sp³-hybridized carbons (Fsp3) is 0.267. The van der Waals surface area contributed by atoms with Crippen LogP contribution in [0.2, 0.25) is 0 Å². The molecule has 5 heteroatoms. The van der Waals surface area contributed by atoms with Gasteiger partial charge < -0.3 is 14.1 Å². The first-order valence-electron chi connectivity index (χ1n) is 6.26. The maximum atomic E-state index is 12.0. The van der Waals surface area contributed by atoms with Crippen LogP contribution in [0.4, 0.5) is 0 Å². The number of carbonyl (C=O) groups is 1. The van der Waals surface area contributed by atoms with Gasteiger partial charge in [-0.2, -0.15) is 0 Å². The summed E-state index contributed by atoms with van der Waals surface area (Å²) in [6.07, 6.45) is 0. The van der Waals surface area contributed by atoms with E-state index in [1.807, 2.05) is 31.2 Å². The first-order chi connectivity index (χ1) is 9.56. The summed E-state index contributed by atoms with van der Waals surface area (Å²) in [6.45, 7) is 2.95. The van der Waals surface area contributed by atoms with Crippen molar-refractivity contribution in [1.82, 2.24) is 4.90 Å². The van der Waals surface area contributed by atoms with Crippen molar-refractivity contribution in [1.29, 1.82) is 0 Å². The van der Waals surface area contributed by atoms with Gasteiger partial charge in [-0.15, -0.1) is 0 Å². The van der Waals surface area contributed by atoms with E-state index in [0.717, 1.165) is 5.75 Å². The molecule has 1 amide bonds. The van der Waals surface area contributed by atoms with Gasteiger partial charge in [-0.3, -0.25) is 4.79 Å². The zero-order chi connectivity index (χ0) is 14.5. The Bertz CT molecular complexity index is 577. The highest BCUT2D eigenvalue weighted by Gasteiger charge is 2.15. The summed E-state index contributed by atoms with van der Waals surface area (Å²) in [5.74, 6) is 0.954. The molecule has 106 valence electrons. The quantitative estimate of drug-likeness (QED) is 0.838. The minimum atomic E-state index is -0.164. The summed E-state index contributed by atoms with van der Waals surface area (Å²) in [5, 5.41) is 0. The van der Waals surface area contributed by atoms with E-state index in [-0.39, 0.29) is 5.91 Å². The molecule has 4 nitrogen and oxygen atoms in total. The molecule has 0 saturated heterocycles. The van der Waals surface area contributed by atoms with Crippen molar-refractivity contribution in [3.05, 3.63) is 52.4 Å². The zero-order valence-corrected chi connectivity index (χ0v) is 13.0. The van der Waals surface area contributed by atoms with E-state index in [1.54, 1.807) is 24.1 Å². The summed E-state index contributed by atoms with van der Waals surface area (Å²) >= 11 is 3.18. The molecule has 0 atom stereocenters. The maximum absolute atomic E-state index is 12.0. The molecule has 0 saturated carbocycles. The van der Waals surface area contributed by atoms with Crippen molar-refractivity contribution in [2.75, 3.05) is 20.2 Å². The van der Waals surface area contributed by atoms with Gasteiger partial charge in [-0.25, -0.2) is 0 Å². The molecule has 0 unspecified atom stereocenters. The second-order valence-corrected chi connectivity index (χ2v) is 5.27. The van der Waals surface area contributed by atoms with Gasteiger partial charge in [0.1, 0.15) is 12.4 Å². The standard InChI is InChI=1S/C15H16BrNO3/c1-11-3-5-12(6-4-11)19-10-9-17(2)15(18)13-7-8-14(16)20-13/h3-8H,9-10H2,1-2H3. The van der Waals surface area contributed by atoms with Gasteiger partial charge in [-0.05, 0) is 47.1 Å². The summed E-state index contributed by atoms with van der Waals surface area (Å²) < 4.78 is 11.4. The monoisotopic (exact) mass is 337 g/mol. The van der Waals surface area contributed by atoms with Crippen LogP contribution in [0.5, 0.6) is 5.75 Å². The molecule has 0 aliphatic rings. The van der Waals surface area contributed by atoms with Crippen LogP contribution in [0, 0.1) is 6.92 Å². The van der Waals surface area contributed by atoms with Crippen LogP contribution in [0.1, 0.15) is 16.1 Å². The van der Waals surface area contributed by atoms with Gasteiger partial charge in [-0.1, -0.05) is 17.7 Å². The van der Waals surface area contributed by atoms with Crippen molar-refractivity contribution >= 4 is 21.8 Å². The number of benzene rings is 1. The molecular formula is C15H16BrNO3. The first-order valence-corrected chi connectivity index (χ1v) is 7.06. The molecule has 20 heavy (non-hydrogen) atoms. The number of aryl methyl sites for hydroxylation is 1. The highest BCUT2D eigenvalue weighted by Crippen LogP contribution is 2.15. The number of hydrogen-bond donors (Lipinski definition) is 0. The Morgan fingerprint density at radius 3 is 2.55 bits per heavy atom. The predicted molar refractivity (Wildman–Crippen MR) is 80.0 cm³/mol. The smallest absolute Gasteiger partial charge is 0.289 e. The van der Waals surface area contributed by atoms with E-state index >= 15 is 0 Å². The average Bonchev–Trinajstić information content (AvgIpc) is 2.86. The van der Waals surface area contributed by atoms with Crippen molar-refractivity contribution in [3.8, 4) is 5.75 Å². The Hall–Kier alpha value is -1.75. The Morgan fingerprint density at radius 1 is 1.25 bits per heavy atom. The van der Waals surface area contributed by atoms with Crippen LogP contribution in [0.25, 0.3) is 0 Å². The molecular weight excluding hydrogens is 322 g/mol. The highest BCUT2D eigenvalue weighted by atomic mass is 79.9. The Balaban J connectivity index is 1.81. The highest BCUT2D eigenvalue weighted by molar-refractivity contribution is 9.10. The maximum Gasteiger partial charge on any atom is 0.289 e. The number of nitrogens with zero attached hydrogens (tertiary/aromatic N) is 1. The van der Waals surface area contributed by atoms with E-state index in [9.17, 15) is 4.79 Å². The van der Waals surface area contributed by atoms with Crippen LogP contribution >= 0.6 is 15.9 Å². The van der Waals surface area contributed by atoms with Gasteiger partial charge in [0.2, 0.25) is 0 Å². The fourth-order valence-corrected chi connectivity index (χ4v) is 1.96. The van der Waals surface area contributed by atoms with Crippen molar-refractivity contribution in [3.63, 3.8) is 0 Å². The lowest BCUT2D eigenvalue weighted by Crippen LogP contribution is -2.30. The second-order valence-electron chi connectivity index (χ2n) is 4.49. The van der Waals surface area contributed by atoms with E-state index < -0.39 is 0 Å². The number of ether oxygens (including phenoxy) is 1. The molecule has 0 fully saturated rings. The fourth-order valence-electron chi connectivity index (χ4n) is 1.65. The molecule has 0 spiro atoms. The van der Waals surface area contributed by atoms with E-state index in [1.165, 1.54) is 5.56 Å². The van der Waals surface area contributed by atoms with Crippen LogP contribution < -0.4 is 4.74 Å². The van der Waals surface area contributed by atoms with Crippen LogP contribution in [-0.4, -0.2) is 31.0 Å². The molecule has 0 N–H and O–H groups in total. The Morgan fingerprint density at radius 2 is 1.95 bits per heavy atom. The van der Waals surface area contributed by atoms with Crippen LogP contribution in [0.3, 0.4) is 0 Å². The molecule has 0 bridgehead atoms. The molecule has 0 aliphatic heterocycles. The Labute approximate surface area is 126 Å². The lowest BCUT2D eigenvalue weighted by atomic mass is 10.2. The summed E-state index contributed by atoms with van der Waals surface area (Å²) in [5.41, 5.74) is 1.19. The third-order valence-electron chi connectivity index (χ3n) is 2.85. The molecule has 0 aliphatic carbocycles. The number of rotatable bonds is 5. The number of likely N-dealkylation sites (N-methyl/N-ethyl adjacent to an activating group) is 1. The third-order valence-corrected chi connectivity index (χ3v) is 3.27. The van der Waals surface area contributed by atoms with Crippen molar-refractivity contribution < 1.29 is 13.9 Å². The summed E-state index contributed by atoms with van der Waals surface area (Å²) in [7, 11) is 1.72. The average molecular weight is 338 g/mol. The minimum Gasteiger partial charge on any atom is -0.492 e. The SMILES string of the molecule is Cc1ccc(OCCN(C)C(=O)c2ccc(Br)o2)cc1. The molecule has 2 aromatic rings. The van der Waals surface area contributed by atoms with Crippen molar-refractivity contribution in [2.45, 2.75) is 6.92 Å². The number of hydrogen-bond acceptors (Lipinski definition) is 3. The van der Waals surface area contributed by atoms with Gasteiger partial charge in [0, 0.05) is 7.05 Å². The summed E-state index contributed by atoms with van der Waals surface area (Å²) in [4.78, 5) is 13.6. The largest absolute Gasteiger partial charge is 0.492 e. The number of carbonyl (C=O) groups excluding carboxylic acids is 1. The topological polar surface area (TPSA) is 42.7 Å². The number of halogens is 1. The molecule has 0 radical (unpaired) electrons. The second kappa shape index (κ2) is 6.61.